The lowest BCUT2D eigenvalue weighted by molar-refractivity contribution is -0.130. The third-order valence-electron chi connectivity index (χ3n) is 8.06. The van der Waals surface area contributed by atoms with Crippen LogP contribution in [0.3, 0.4) is 0 Å². The quantitative estimate of drug-likeness (QED) is 0.410. The number of allylic oxidation sites excluding steroid dienone is 1. The van der Waals surface area contributed by atoms with Gasteiger partial charge in [0.1, 0.15) is 23.0 Å². The maximum absolute atomic E-state index is 15.1. The Labute approximate surface area is 248 Å². The Kier molecular flexibility index (Phi) is 7.94. The SMILES string of the molecule is C=CC(=O)N1[C@H](C)CN(c2nc(=O)n([C@H]3C(C)=CC=N[C@H]3C(C)C)c3nc(-c4c(O)cccc4F)c(Cl)cc23)C[C@@H]1C. The molecule has 2 aliphatic heterocycles. The predicted octanol–water partition coefficient (Wildman–Crippen LogP) is 5.16. The fourth-order valence-corrected chi connectivity index (χ4v) is 6.42. The van der Waals surface area contributed by atoms with Gasteiger partial charge in [0.05, 0.1) is 33.7 Å². The van der Waals surface area contributed by atoms with Crippen LogP contribution in [0.15, 0.2) is 58.4 Å². The summed E-state index contributed by atoms with van der Waals surface area (Å²) in [6.07, 6.45) is 4.90. The summed E-state index contributed by atoms with van der Waals surface area (Å²) in [5.41, 5.74) is 0.455. The molecule has 3 aromatic rings. The molecule has 4 atom stereocenters. The van der Waals surface area contributed by atoms with Crippen molar-refractivity contribution in [2.75, 3.05) is 18.0 Å². The van der Waals surface area contributed by atoms with Gasteiger partial charge in [0, 0.05) is 31.4 Å². The number of aromatic hydroxyl groups is 1. The molecule has 42 heavy (non-hydrogen) atoms. The zero-order valence-corrected chi connectivity index (χ0v) is 25.0. The van der Waals surface area contributed by atoms with Crippen LogP contribution in [0.4, 0.5) is 10.2 Å². The molecule has 11 heteroatoms. The van der Waals surface area contributed by atoms with Gasteiger partial charge in [-0.2, -0.15) is 4.98 Å². The lowest BCUT2D eigenvalue weighted by Crippen LogP contribution is -2.58. The number of phenols is 1. The molecule has 1 fully saturated rings. The second kappa shape index (κ2) is 11.3. The first-order valence-electron chi connectivity index (χ1n) is 13.9. The number of pyridine rings is 1. The molecule has 0 aliphatic carbocycles. The fourth-order valence-electron chi connectivity index (χ4n) is 6.17. The molecular formula is C31H34ClFN6O3. The number of hydrogen-bond donors (Lipinski definition) is 1. The Hall–Kier alpha value is -4.05. The van der Waals surface area contributed by atoms with Crippen molar-refractivity contribution in [3.05, 3.63) is 69.9 Å². The van der Waals surface area contributed by atoms with Crippen molar-refractivity contribution in [1.29, 1.82) is 0 Å². The van der Waals surface area contributed by atoms with Gasteiger partial charge in [-0.15, -0.1) is 0 Å². The maximum Gasteiger partial charge on any atom is 0.351 e. The van der Waals surface area contributed by atoms with Gasteiger partial charge in [-0.05, 0) is 62.6 Å². The van der Waals surface area contributed by atoms with Crippen molar-refractivity contribution in [3.8, 4) is 17.0 Å². The fraction of sp³-hybridized carbons (Fsp3) is 0.387. The van der Waals surface area contributed by atoms with Crippen LogP contribution in [0.5, 0.6) is 5.75 Å². The lowest BCUT2D eigenvalue weighted by Gasteiger charge is -2.44. The third kappa shape index (κ3) is 4.98. The largest absolute Gasteiger partial charge is 0.507 e. The highest BCUT2D eigenvalue weighted by Crippen LogP contribution is 2.40. The number of carbonyl (C=O) groups is 1. The summed E-state index contributed by atoms with van der Waals surface area (Å²) in [6.45, 7) is 14.3. The Morgan fingerprint density at radius 1 is 1.21 bits per heavy atom. The second-order valence-corrected chi connectivity index (χ2v) is 11.8. The van der Waals surface area contributed by atoms with E-state index < -0.39 is 17.5 Å². The van der Waals surface area contributed by atoms with E-state index in [1.54, 1.807) is 17.2 Å². The maximum atomic E-state index is 15.1. The first-order chi connectivity index (χ1) is 19.9. The molecule has 5 rings (SSSR count). The Morgan fingerprint density at radius 3 is 2.52 bits per heavy atom. The number of benzene rings is 1. The van der Waals surface area contributed by atoms with Crippen LogP contribution < -0.4 is 10.6 Å². The highest BCUT2D eigenvalue weighted by atomic mass is 35.5. The van der Waals surface area contributed by atoms with Crippen LogP contribution in [-0.2, 0) is 4.79 Å². The molecular weight excluding hydrogens is 559 g/mol. The summed E-state index contributed by atoms with van der Waals surface area (Å²) >= 11 is 6.75. The van der Waals surface area contributed by atoms with Crippen LogP contribution in [-0.4, -0.2) is 67.9 Å². The van der Waals surface area contributed by atoms with Crippen molar-refractivity contribution >= 4 is 40.6 Å². The minimum Gasteiger partial charge on any atom is -0.507 e. The van der Waals surface area contributed by atoms with Crippen LogP contribution in [0.2, 0.25) is 5.02 Å². The summed E-state index contributed by atoms with van der Waals surface area (Å²) in [5.74, 6) is -0.735. The topological polar surface area (TPSA) is 104 Å². The first kappa shape index (κ1) is 29.4. The Bertz CT molecular complexity index is 1670. The van der Waals surface area contributed by atoms with E-state index in [-0.39, 0.29) is 57.6 Å². The number of phenolic OH excluding ortho intramolecular Hbond substituents is 1. The summed E-state index contributed by atoms with van der Waals surface area (Å²) < 4.78 is 16.6. The van der Waals surface area contributed by atoms with E-state index in [1.807, 2.05) is 45.6 Å². The number of anilines is 1. The van der Waals surface area contributed by atoms with E-state index in [0.29, 0.717) is 24.3 Å². The molecule has 220 valence electrons. The van der Waals surface area contributed by atoms with Crippen LogP contribution in [0, 0.1) is 11.7 Å². The molecule has 2 aromatic heterocycles. The van der Waals surface area contributed by atoms with Gasteiger partial charge in [0.15, 0.2) is 0 Å². The molecule has 1 aromatic carbocycles. The number of rotatable bonds is 5. The smallest absolute Gasteiger partial charge is 0.351 e. The van der Waals surface area contributed by atoms with Gasteiger partial charge in [-0.3, -0.25) is 14.4 Å². The number of fused-ring (bicyclic) bond motifs is 1. The van der Waals surface area contributed by atoms with Crippen molar-refractivity contribution in [2.45, 2.75) is 58.8 Å². The van der Waals surface area contributed by atoms with Crippen molar-refractivity contribution < 1.29 is 14.3 Å². The molecule has 1 N–H and O–H groups in total. The summed E-state index contributed by atoms with van der Waals surface area (Å²) in [7, 11) is 0. The van der Waals surface area contributed by atoms with E-state index in [9.17, 15) is 14.7 Å². The van der Waals surface area contributed by atoms with Gasteiger partial charge >= 0.3 is 5.69 Å². The molecule has 4 heterocycles. The number of aromatic nitrogens is 3. The van der Waals surface area contributed by atoms with Gasteiger partial charge < -0.3 is 14.9 Å². The van der Waals surface area contributed by atoms with E-state index in [4.69, 9.17) is 16.6 Å². The number of dihydropyridines is 1. The number of halogens is 2. The lowest BCUT2D eigenvalue weighted by atomic mass is 9.90. The third-order valence-corrected chi connectivity index (χ3v) is 8.34. The Morgan fingerprint density at radius 2 is 1.90 bits per heavy atom. The molecule has 1 amide bonds. The summed E-state index contributed by atoms with van der Waals surface area (Å²) in [4.78, 5) is 44.3. The van der Waals surface area contributed by atoms with Crippen molar-refractivity contribution in [3.63, 3.8) is 0 Å². The van der Waals surface area contributed by atoms with E-state index >= 15 is 4.39 Å². The van der Waals surface area contributed by atoms with Crippen molar-refractivity contribution in [2.24, 2.45) is 10.9 Å². The standard InChI is InChI=1S/C31H34ClFN6O3/c1-7-24(41)38-18(5)14-37(15-19(38)6)29-20-13-21(32)27(25-22(33)9-8-10-23(25)40)35-30(20)39(31(42)36-29)28-17(4)11-12-34-26(28)16(2)3/h7-13,16,18-19,26,28,40H,1,14-15H2,2-6H3/t18-,19+,26-,28-/m0/s1. The van der Waals surface area contributed by atoms with Gasteiger partial charge in [0.2, 0.25) is 5.91 Å². The average Bonchev–Trinajstić information content (AvgIpc) is 2.92. The monoisotopic (exact) mass is 592 g/mol. The number of carbonyl (C=O) groups excluding carboxylic acids is 1. The molecule has 0 saturated carbocycles. The number of hydrogen-bond acceptors (Lipinski definition) is 7. The van der Waals surface area contributed by atoms with E-state index in [0.717, 1.165) is 5.57 Å². The highest BCUT2D eigenvalue weighted by molar-refractivity contribution is 6.34. The van der Waals surface area contributed by atoms with Gasteiger partial charge in [0.25, 0.3) is 0 Å². The van der Waals surface area contributed by atoms with E-state index in [2.05, 4.69) is 16.6 Å². The Balaban J connectivity index is 1.79. The zero-order valence-electron chi connectivity index (χ0n) is 24.3. The molecule has 9 nitrogen and oxygen atoms in total. The minimum absolute atomic E-state index is 0.00948. The molecule has 0 unspecified atom stereocenters. The second-order valence-electron chi connectivity index (χ2n) is 11.4. The molecule has 0 radical (unpaired) electrons. The first-order valence-corrected chi connectivity index (χ1v) is 14.3. The van der Waals surface area contributed by atoms with Gasteiger partial charge in [-0.1, -0.05) is 38.1 Å². The summed E-state index contributed by atoms with van der Waals surface area (Å²) in [6, 6.07) is 4.42. The number of nitrogens with zero attached hydrogens (tertiary/aromatic N) is 6. The number of piperazine rings is 1. The van der Waals surface area contributed by atoms with Crippen molar-refractivity contribution in [1.82, 2.24) is 19.4 Å². The molecule has 2 aliphatic rings. The number of aliphatic imine (C=N–C) groups is 1. The predicted molar refractivity (Wildman–Crippen MR) is 164 cm³/mol. The molecule has 1 saturated heterocycles. The number of amides is 1. The molecule has 0 bridgehead atoms. The minimum atomic E-state index is -0.698. The highest BCUT2D eigenvalue weighted by Gasteiger charge is 2.36. The van der Waals surface area contributed by atoms with Gasteiger partial charge in [-0.25, -0.2) is 14.2 Å². The van der Waals surface area contributed by atoms with Crippen LogP contribution in [0.1, 0.15) is 40.7 Å². The van der Waals surface area contributed by atoms with Crippen LogP contribution in [0.25, 0.3) is 22.3 Å². The summed E-state index contributed by atoms with van der Waals surface area (Å²) in [5, 5.41) is 11.2. The van der Waals surface area contributed by atoms with E-state index in [1.165, 1.54) is 28.8 Å². The zero-order chi connectivity index (χ0) is 30.5. The molecule has 0 spiro atoms. The van der Waals surface area contributed by atoms with Crippen LogP contribution >= 0.6 is 11.6 Å². The normalized spacial score (nSPS) is 22.5. The average molecular weight is 593 g/mol.